The lowest BCUT2D eigenvalue weighted by Gasteiger charge is -2.30. The maximum Gasteiger partial charge on any atom is 0.328 e. The lowest BCUT2D eigenvalue weighted by molar-refractivity contribution is -0.144. The average molecular weight is 1660 g/mol. The number of nitrogens with one attached hydrogen (secondary N) is 15. The SMILES string of the molecule is CC[C@H](C)[C@H](NC(=O)[C@H](CCCCN)NC(=O)[C@H](Cc1cnc[nH]1)NC(=O)[C@H](Cc1cnc[nH]1)NC(=O)[C@H](CCC(=O)O)NC(C)=O)C(=O)N[C@@H](CCCCN)C(=O)N[C@@H](CC(C)C)C(=O)N[C@@H](CCCN=C(N)N)C(=O)N[C@@H](CC(C)C)C(=O)N[C@@H](CCC(N)=O)C(=O)N[C@@H](CC(C)C)C(=O)N[C@@H](CC(=O)O)C(=O)N[C@@H](CO)C(=O)O. The Morgan fingerprint density at radius 1 is 0.410 bits per heavy atom. The molecule has 0 aliphatic carbocycles. The molecular weight excluding hydrogens is 1530 g/mol. The highest BCUT2D eigenvalue weighted by Crippen LogP contribution is 2.17. The number of carboxylic acid groups (broad SMARTS) is 3. The number of aliphatic imine (C=N–C) groups is 1. The number of nitrogens with zero attached hydrogens (tertiary/aromatic N) is 3. The van der Waals surface area contributed by atoms with Crippen LogP contribution in [0.15, 0.2) is 30.0 Å². The van der Waals surface area contributed by atoms with Gasteiger partial charge in [0.25, 0.3) is 0 Å². The van der Waals surface area contributed by atoms with E-state index in [1.807, 2.05) is 5.32 Å². The first-order valence-corrected chi connectivity index (χ1v) is 39.0. The second-order valence-electron chi connectivity index (χ2n) is 29.8. The van der Waals surface area contributed by atoms with Gasteiger partial charge in [0, 0.05) is 62.9 Å². The van der Waals surface area contributed by atoms with E-state index in [9.17, 15) is 102 Å². The number of aliphatic carboxylic acids is 3. The van der Waals surface area contributed by atoms with Crippen LogP contribution in [0.2, 0.25) is 0 Å². The Morgan fingerprint density at radius 3 is 1.09 bits per heavy atom. The molecule has 117 heavy (non-hydrogen) atoms. The second-order valence-corrected chi connectivity index (χ2v) is 29.8. The normalized spacial score (nSPS) is 14.8. The number of imidazole rings is 2. The number of carbonyl (C=O) groups excluding carboxylic acids is 14. The van der Waals surface area contributed by atoms with Gasteiger partial charge in [-0.25, -0.2) is 14.8 Å². The van der Waals surface area contributed by atoms with Gasteiger partial charge in [0.05, 0.1) is 25.7 Å². The molecule has 0 unspecified atom stereocenters. The minimum absolute atomic E-state index is 0.0299. The van der Waals surface area contributed by atoms with Gasteiger partial charge in [-0.2, -0.15) is 0 Å². The van der Waals surface area contributed by atoms with Crippen LogP contribution in [-0.4, -0.2) is 252 Å². The Balaban J connectivity index is 2.63. The van der Waals surface area contributed by atoms with E-state index < -0.39 is 223 Å². The van der Waals surface area contributed by atoms with Gasteiger partial charge in [0.1, 0.15) is 78.5 Å². The Labute approximate surface area is 677 Å². The number of hydrogen-bond acceptors (Lipinski definition) is 23. The van der Waals surface area contributed by atoms with Gasteiger partial charge < -0.3 is 128 Å². The maximum atomic E-state index is 14.9. The fraction of sp³-hybridized carbons (Fsp3) is 0.671. The molecule has 29 N–H and O–H groups in total. The quantitative estimate of drug-likeness (QED) is 0.0167. The number of amides is 14. The first kappa shape index (κ1) is 102. The minimum Gasteiger partial charge on any atom is -0.481 e. The highest BCUT2D eigenvalue weighted by Gasteiger charge is 2.40. The van der Waals surface area contributed by atoms with E-state index in [0.29, 0.717) is 24.2 Å². The Morgan fingerprint density at radius 2 is 0.744 bits per heavy atom. The van der Waals surface area contributed by atoms with Crippen LogP contribution >= 0.6 is 0 Å². The van der Waals surface area contributed by atoms with Crippen LogP contribution in [0.4, 0.5) is 0 Å². The number of primary amides is 1. The summed E-state index contributed by atoms with van der Waals surface area (Å²) >= 11 is 0. The number of carboxylic acids is 3. The smallest absolute Gasteiger partial charge is 0.328 e. The van der Waals surface area contributed by atoms with Gasteiger partial charge in [-0.3, -0.25) is 81.7 Å². The van der Waals surface area contributed by atoms with E-state index in [1.165, 1.54) is 25.0 Å². The lowest BCUT2D eigenvalue weighted by Crippen LogP contribution is -2.62. The molecule has 0 aliphatic heterocycles. The molecule has 14 amide bonds. The lowest BCUT2D eigenvalue weighted by atomic mass is 9.96. The molecule has 2 aromatic heterocycles. The average Bonchev–Trinajstić information content (AvgIpc) is 1.76. The third-order valence-corrected chi connectivity index (χ3v) is 18.2. The summed E-state index contributed by atoms with van der Waals surface area (Å²) in [7, 11) is 0. The minimum atomic E-state index is -1.93. The molecule has 0 aliphatic rings. The third kappa shape index (κ3) is 40.1. The number of aromatic amines is 2. The highest BCUT2D eigenvalue weighted by molar-refractivity contribution is 6.01. The fourth-order valence-electron chi connectivity index (χ4n) is 11.9. The van der Waals surface area contributed by atoms with Crippen molar-refractivity contribution in [3.8, 4) is 0 Å². The van der Waals surface area contributed by atoms with Crippen LogP contribution in [-0.2, 0) is 94.3 Å². The number of aliphatic hydroxyl groups excluding tert-OH is 1. The molecule has 0 aromatic carbocycles. The molecule has 2 aromatic rings. The largest absolute Gasteiger partial charge is 0.481 e. The Bertz CT molecular complexity index is 3620. The molecule has 0 saturated heterocycles. The number of H-pyrrole nitrogens is 2. The first-order chi connectivity index (χ1) is 55.1. The van der Waals surface area contributed by atoms with Crippen LogP contribution in [0.1, 0.15) is 183 Å². The second kappa shape index (κ2) is 53.7. The summed E-state index contributed by atoms with van der Waals surface area (Å²) in [5, 5.41) is 70.8. The van der Waals surface area contributed by atoms with Gasteiger partial charge in [-0.1, -0.05) is 61.8 Å². The molecule has 0 saturated carbocycles. The molecule has 0 bridgehead atoms. The molecule has 0 spiro atoms. The van der Waals surface area contributed by atoms with Crippen LogP contribution in [0.25, 0.3) is 0 Å². The standard InChI is InChI=1S/C73H123N23O21/c1-10-40(8)59(96-64(108)45(17-12-14-24-75)85-68(112)52(29-42-32-79-35-82-42)93-69(113)53(30-43-33-80-36-83-43)92-62(106)47(84-41(9)98)20-22-57(100)101)71(115)88-44(16-11-13-23-74)60(104)89-49(26-37(2)3)65(109)86-46(18-15-25-81-73(77)78)61(105)90-50(27-38(4)5)66(110)87-48(19-21-56(76)99)63(107)91-51(28-39(6)7)67(111)94-54(31-58(102)103)70(114)95-55(34-97)72(116)117/h32-33,35-40,44-55,59,97H,10-31,34,74-75H2,1-9H3,(H2,76,99)(H,79,82)(H,80,83)(H,84,98)(H,85,112)(H,86,109)(H,87,110)(H,88,115)(H,89,104)(H,90,105)(H,91,107)(H,92,106)(H,93,113)(H,94,111)(H,95,114)(H,96,108)(H,100,101)(H,102,103)(H,116,117)(H4,77,78,81)/t40-,44-,45-,46-,47-,48-,49-,50-,51-,52-,53-,54-,55-,59-/m0/s1. The summed E-state index contributed by atoms with van der Waals surface area (Å²) < 4.78 is 0. The summed E-state index contributed by atoms with van der Waals surface area (Å²) in [6, 6.07) is -20.2. The number of hydrogen-bond donors (Lipinski definition) is 24. The first-order valence-electron chi connectivity index (χ1n) is 39.0. The molecule has 2 rings (SSSR count). The monoisotopic (exact) mass is 1660 g/mol. The van der Waals surface area contributed by atoms with Crippen LogP contribution in [0, 0.1) is 23.7 Å². The predicted octanol–water partition coefficient (Wildman–Crippen LogP) is -5.58. The molecular formula is C73H123N23O21. The Hall–Kier alpha value is -11.4. The van der Waals surface area contributed by atoms with Crippen LogP contribution < -0.4 is 97.8 Å². The van der Waals surface area contributed by atoms with E-state index in [2.05, 4.69) is 88.7 Å². The van der Waals surface area contributed by atoms with Crippen molar-refractivity contribution in [1.82, 2.24) is 89.1 Å². The summed E-state index contributed by atoms with van der Waals surface area (Å²) in [6.45, 7) is 13.8. The number of nitrogens with two attached hydrogens (primary N) is 5. The molecule has 0 radical (unpaired) electrons. The summed E-state index contributed by atoms with van der Waals surface area (Å²) in [5.41, 5.74) is 29.2. The van der Waals surface area contributed by atoms with Crippen molar-refractivity contribution in [3.63, 3.8) is 0 Å². The molecule has 0 fully saturated rings. The molecule has 14 atom stereocenters. The number of guanidine groups is 1. The fourth-order valence-corrected chi connectivity index (χ4v) is 11.9. The van der Waals surface area contributed by atoms with Crippen molar-refractivity contribution in [3.05, 3.63) is 36.4 Å². The van der Waals surface area contributed by atoms with Crippen molar-refractivity contribution in [1.29, 1.82) is 0 Å². The number of aromatic nitrogens is 4. The molecule has 656 valence electrons. The summed E-state index contributed by atoms with van der Waals surface area (Å²) in [6.07, 6.45) is 2.78. The van der Waals surface area contributed by atoms with Gasteiger partial charge in [-0.05, 0) is 120 Å². The number of rotatable bonds is 59. The molecule has 44 heteroatoms. The van der Waals surface area contributed by atoms with E-state index >= 15 is 0 Å². The summed E-state index contributed by atoms with van der Waals surface area (Å²) in [4.78, 5) is 250. The number of carbonyl (C=O) groups is 17. The molecule has 2 heterocycles. The molecule has 44 nitrogen and oxygen atoms in total. The predicted molar refractivity (Wildman–Crippen MR) is 421 cm³/mol. The topological polar surface area (TPSA) is 727 Å². The van der Waals surface area contributed by atoms with Gasteiger partial charge in [0.2, 0.25) is 82.7 Å². The van der Waals surface area contributed by atoms with Crippen molar-refractivity contribution >= 4 is 107 Å². The van der Waals surface area contributed by atoms with E-state index in [-0.39, 0.29) is 121 Å². The van der Waals surface area contributed by atoms with Crippen molar-refractivity contribution in [2.45, 2.75) is 263 Å². The van der Waals surface area contributed by atoms with Crippen molar-refractivity contribution in [2.75, 3.05) is 26.2 Å². The van der Waals surface area contributed by atoms with Crippen LogP contribution in [0.5, 0.6) is 0 Å². The zero-order valence-electron chi connectivity index (χ0n) is 67.8. The van der Waals surface area contributed by atoms with Gasteiger partial charge in [0.15, 0.2) is 5.96 Å². The van der Waals surface area contributed by atoms with Crippen molar-refractivity contribution < 1.29 is 102 Å². The van der Waals surface area contributed by atoms with Gasteiger partial charge in [-0.15, -0.1) is 0 Å². The maximum absolute atomic E-state index is 14.9. The van der Waals surface area contributed by atoms with Gasteiger partial charge >= 0.3 is 17.9 Å². The van der Waals surface area contributed by atoms with E-state index in [1.54, 1.807) is 55.4 Å². The van der Waals surface area contributed by atoms with Crippen molar-refractivity contribution in [2.24, 2.45) is 57.3 Å². The third-order valence-electron chi connectivity index (χ3n) is 18.2. The van der Waals surface area contributed by atoms with E-state index in [4.69, 9.17) is 28.7 Å². The summed E-state index contributed by atoms with van der Waals surface area (Å²) in [5.74, 6) is -20.0. The Kier molecular flexibility index (Phi) is 46.6. The number of unbranched alkanes of at least 4 members (excludes halogenated alkanes) is 2. The zero-order valence-corrected chi connectivity index (χ0v) is 67.8. The van der Waals surface area contributed by atoms with E-state index in [0.717, 1.165) is 6.92 Å². The number of aliphatic hydroxyl groups is 1. The van der Waals surface area contributed by atoms with Crippen LogP contribution in [0.3, 0.4) is 0 Å². The highest BCUT2D eigenvalue weighted by atomic mass is 16.4. The zero-order chi connectivity index (χ0) is 88.2.